The van der Waals surface area contributed by atoms with E-state index in [1.807, 2.05) is 13.8 Å². The minimum atomic E-state index is -0.315. The van der Waals surface area contributed by atoms with Crippen molar-refractivity contribution in [1.82, 2.24) is 5.32 Å². The Morgan fingerprint density at radius 2 is 1.86 bits per heavy atom. The number of carbonyl (C=O) groups is 3. The van der Waals surface area contributed by atoms with E-state index in [1.165, 1.54) is 6.92 Å². The van der Waals surface area contributed by atoms with Gasteiger partial charge in [0.2, 0.25) is 17.7 Å². The number of carbonyl (C=O) groups excluding carboxylic acids is 3. The maximum absolute atomic E-state index is 12.1. The van der Waals surface area contributed by atoms with E-state index in [2.05, 4.69) is 10.6 Å². The largest absolute Gasteiger partial charge is 0.354 e. The first-order valence-electron chi connectivity index (χ1n) is 7.35. The van der Waals surface area contributed by atoms with Crippen LogP contribution in [0.5, 0.6) is 0 Å². The highest BCUT2D eigenvalue weighted by Crippen LogP contribution is 2.26. The van der Waals surface area contributed by atoms with Gasteiger partial charge >= 0.3 is 0 Å². The zero-order chi connectivity index (χ0) is 16.3. The molecule has 6 heteroatoms. The minimum absolute atomic E-state index is 0.0591. The Bertz CT molecular complexity index is 581. The van der Waals surface area contributed by atoms with Crippen LogP contribution in [0, 0.1) is 5.92 Å². The molecule has 1 saturated heterocycles. The number of anilines is 2. The summed E-state index contributed by atoms with van der Waals surface area (Å²) in [6, 6.07) is 7.09. The highest BCUT2D eigenvalue weighted by molar-refractivity contribution is 6.00. The highest BCUT2D eigenvalue weighted by Gasteiger charge is 2.35. The van der Waals surface area contributed by atoms with Gasteiger partial charge in [-0.05, 0) is 38.1 Å². The van der Waals surface area contributed by atoms with E-state index in [-0.39, 0.29) is 36.1 Å². The molecule has 1 aromatic rings. The fourth-order valence-corrected chi connectivity index (χ4v) is 2.46. The Morgan fingerprint density at radius 3 is 2.41 bits per heavy atom. The standard InChI is InChI=1S/C16H21N3O3/c1-10(2)17-16(22)12-8-15(21)19(9-12)14-6-4-13(5-7-14)18-11(3)20/h4-7,10,12H,8-9H2,1-3H3,(H,17,22)(H,18,20). The molecule has 1 heterocycles. The van der Waals surface area contributed by atoms with Gasteiger partial charge in [-0.2, -0.15) is 0 Å². The van der Waals surface area contributed by atoms with Crippen LogP contribution in [0.1, 0.15) is 27.2 Å². The van der Waals surface area contributed by atoms with Gasteiger partial charge in [0.25, 0.3) is 0 Å². The Labute approximate surface area is 129 Å². The van der Waals surface area contributed by atoms with Gasteiger partial charge in [0.15, 0.2) is 0 Å². The molecular formula is C16H21N3O3. The van der Waals surface area contributed by atoms with Crippen molar-refractivity contribution in [1.29, 1.82) is 0 Å². The van der Waals surface area contributed by atoms with Crippen LogP contribution >= 0.6 is 0 Å². The lowest BCUT2D eigenvalue weighted by Gasteiger charge is -2.17. The Morgan fingerprint density at radius 1 is 1.23 bits per heavy atom. The van der Waals surface area contributed by atoms with E-state index in [9.17, 15) is 14.4 Å². The molecule has 118 valence electrons. The van der Waals surface area contributed by atoms with Gasteiger partial charge in [0, 0.05) is 37.3 Å². The summed E-state index contributed by atoms with van der Waals surface area (Å²) in [7, 11) is 0. The van der Waals surface area contributed by atoms with E-state index in [0.29, 0.717) is 12.2 Å². The van der Waals surface area contributed by atoms with Crippen LogP contribution < -0.4 is 15.5 Å². The second-order valence-electron chi connectivity index (χ2n) is 5.80. The lowest BCUT2D eigenvalue weighted by molar-refractivity contribution is -0.126. The lowest BCUT2D eigenvalue weighted by atomic mass is 10.1. The van der Waals surface area contributed by atoms with Gasteiger partial charge in [0.1, 0.15) is 0 Å². The zero-order valence-corrected chi connectivity index (χ0v) is 13.1. The summed E-state index contributed by atoms with van der Waals surface area (Å²) in [6.45, 7) is 5.62. The number of nitrogens with zero attached hydrogens (tertiary/aromatic N) is 1. The molecule has 3 amide bonds. The summed E-state index contributed by atoms with van der Waals surface area (Å²) in [5, 5.41) is 5.52. The molecule has 0 radical (unpaired) electrons. The topological polar surface area (TPSA) is 78.5 Å². The molecule has 0 spiro atoms. The van der Waals surface area contributed by atoms with Crippen molar-refractivity contribution >= 4 is 29.1 Å². The molecule has 2 N–H and O–H groups in total. The summed E-state index contributed by atoms with van der Waals surface area (Å²) in [4.78, 5) is 36.7. The normalized spacial score (nSPS) is 17.7. The van der Waals surface area contributed by atoms with Crippen molar-refractivity contribution < 1.29 is 14.4 Å². The molecule has 0 saturated carbocycles. The average Bonchev–Trinajstić information content (AvgIpc) is 2.80. The van der Waals surface area contributed by atoms with Crippen molar-refractivity contribution in [3.63, 3.8) is 0 Å². The summed E-state index contributed by atoms with van der Waals surface area (Å²) >= 11 is 0. The van der Waals surface area contributed by atoms with Crippen LogP contribution in [0.4, 0.5) is 11.4 Å². The van der Waals surface area contributed by atoms with E-state index in [1.54, 1.807) is 29.2 Å². The quantitative estimate of drug-likeness (QED) is 0.885. The molecule has 1 unspecified atom stereocenters. The molecule has 0 aliphatic carbocycles. The van der Waals surface area contributed by atoms with Crippen molar-refractivity contribution in [3.05, 3.63) is 24.3 Å². The van der Waals surface area contributed by atoms with Crippen LogP contribution in [-0.4, -0.2) is 30.3 Å². The smallest absolute Gasteiger partial charge is 0.227 e. The molecule has 1 atom stereocenters. The summed E-state index contributed by atoms with van der Waals surface area (Å²) in [6.07, 6.45) is 0.228. The summed E-state index contributed by atoms with van der Waals surface area (Å²) < 4.78 is 0. The van der Waals surface area contributed by atoms with Crippen molar-refractivity contribution in [3.8, 4) is 0 Å². The molecule has 0 aromatic heterocycles. The van der Waals surface area contributed by atoms with Gasteiger partial charge in [-0.15, -0.1) is 0 Å². The van der Waals surface area contributed by atoms with Gasteiger partial charge < -0.3 is 15.5 Å². The predicted octanol–water partition coefficient (Wildman–Crippen LogP) is 1.52. The predicted molar refractivity (Wildman–Crippen MR) is 84.5 cm³/mol. The number of hydrogen-bond acceptors (Lipinski definition) is 3. The fraction of sp³-hybridized carbons (Fsp3) is 0.438. The first kappa shape index (κ1) is 16.0. The van der Waals surface area contributed by atoms with Crippen molar-refractivity contribution in [2.75, 3.05) is 16.8 Å². The van der Waals surface area contributed by atoms with Crippen LogP contribution in [0.3, 0.4) is 0 Å². The molecule has 1 fully saturated rings. The van der Waals surface area contributed by atoms with Gasteiger partial charge in [0.05, 0.1) is 5.92 Å². The molecule has 6 nitrogen and oxygen atoms in total. The fourth-order valence-electron chi connectivity index (χ4n) is 2.46. The molecule has 1 aromatic carbocycles. The average molecular weight is 303 g/mol. The Balaban J connectivity index is 2.05. The third-order valence-corrected chi connectivity index (χ3v) is 3.43. The Hall–Kier alpha value is -2.37. The van der Waals surface area contributed by atoms with Crippen molar-refractivity contribution in [2.45, 2.75) is 33.2 Å². The second-order valence-corrected chi connectivity index (χ2v) is 5.80. The monoisotopic (exact) mass is 303 g/mol. The van der Waals surface area contributed by atoms with Crippen LogP contribution in [-0.2, 0) is 14.4 Å². The molecule has 0 bridgehead atoms. The highest BCUT2D eigenvalue weighted by atomic mass is 16.2. The lowest BCUT2D eigenvalue weighted by Crippen LogP contribution is -2.36. The van der Waals surface area contributed by atoms with E-state index >= 15 is 0 Å². The number of rotatable bonds is 4. The van der Waals surface area contributed by atoms with Crippen LogP contribution in [0.2, 0.25) is 0 Å². The first-order chi connectivity index (χ1) is 10.4. The maximum Gasteiger partial charge on any atom is 0.227 e. The molecule has 1 aliphatic heterocycles. The van der Waals surface area contributed by atoms with Gasteiger partial charge in [-0.3, -0.25) is 14.4 Å². The van der Waals surface area contributed by atoms with Crippen molar-refractivity contribution in [2.24, 2.45) is 5.92 Å². The second kappa shape index (κ2) is 6.60. The first-order valence-corrected chi connectivity index (χ1v) is 7.35. The number of amides is 3. The number of hydrogen-bond donors (Lipinski definition) is 2. The summed E-state index contributed by atoms with van der Waals surface area (Å²) in [5.74, 6) is -0.600. The van der Waals surface area contributed by atoms with Gasteiger partial charge in [-0.25, -0.2) is 0 Å². The SMILES string of the molecule is CC(=O)Nc1ccc(N2CC(C(=O)NC(C)C)CC2=O)cc1. The minimum Gasteiger partial charge on any atom is -0.354 e. The maximum atomic E-state index is 12.1. The third kappa shape index (κ3) is 3.84. The summed E-state index contributed by atoms with van der Waals surface area (Å²) in [5.41, 5.74) is 1.41. The third-order valence-electron chi connectivity index (χ3n) is 3.43. The molecule has 1 aliphatic rings. The molecular weight excluding hydrogens is 282 g/mol. The molecule has 2 rings (SSSR count). The number of benzene rings is 1. The van der Waals surface area contributed by atoms with Crippen LogP contribution in [0.15, 0.2) is 24.3 Å². The zero-order valence-electron chi connectivity index (χ0n) is 13.1. The molecule has 22 heavy (non-hydrogen) atoms. The Kier molecular flexibility index (Phi) is 4.80. The van der Waals surface area contributed by atoms with Crippen LogP contribution in [0.25, 0.3) is 0 Å². The number of nitrogens with one attached hydrogen (secondary N) is 2. The van der Waals surface area contributed by atoms with E-state index in [0.717, 1.165) is 5.69 Å². The van der Waals surface area contributed by atoms with E-state index in [4.69, 9.17) is 0 Å². The van der Waals surface area contributed by atoms with Gasteiger partial charge in [-0.1, -0.05) is 0 Å². The van der Waals surface area contributed by atoms with E-state index < -0.39 is 0 Å².